The molecule has 0 radical (unpaired) electrons. The summed E-state index contributed by atoms with van der Waals surface area (Å²) in [5, 5.41) is 7.97. The molecule has 1 aromatic heterocycles. The van der Waals surface area contributed by atoms with E-state index in [-0.39, 0.29) is 0 Å². The molecule has 1 N–H and O–H groups in total. The van der Waals surface area contributed by atoms with E-state index in [1.807, 2.05) is 11.7 Å². The highest BCUT2D eigenvalue weighted by Gasteiger charge is 2.12. The first-order valence-corrected chi connectivity index (χ1v) is 6.67. The number of aryl methyl sites for hydroxylation is 3. The second kappa shape index (κ2) is 4.48. The highest BCUT2D eigenvalue weighted by Crippen LogP contribution is 2.29. The van der Waals surface area contributed by atoms with Gasteiger partial charge >= 0.3 is 0 Å². The van der Waals surface area contributed by atoms with E-state index < -0.39 is 0 Å². The Kier molecular flexibility index (Phi) is 2.82. The summed E-state index contributed by atoms with van der Waals surface area (Å²) in [5.74, 6) is 0. The van der Waals surface area contributed by atoms with Gasteiger partial charge in [0.15, 0.2) is 0 Å². The molecule has 1 aliphatic heterocycles. The van der Waals surface area contributed by atoms with Crippen molar-refractivity contribution in [2.75, 3.05) is 11.9 Å². The number of fused-ring (bicyclic) bond motifs is 1. The van der Waals surface area contributed by atoms with E-state index >= 15 is 0 Å². The van der Waals surface area contributed by atoms with Crippen molar-refractivity contribution in [1.29, 1.82) is 0 Å². The van der Waals surface area contributed by atoms with Crippen LogP contribution in [-0.4, -0.2) is 16.3 Å². The molecule has 0 aliphatic carbocycles. The second-order valence-electron chi connectivity index (χ2n) is 4.92. The molecule has 3 rings (SSSR count). The third-order valence-electron chi connectivity index (χ3n) is 3.59. The highest BCUT2D eigenvalue weighted by molar-refractivity contribution is 5.70. The normalized spacial score (nSPS) is 14.1. The van der Waals surface area contributed by atoms with Crippen molar-refractivity contribution in [2.45, 2.75) is 26.2 Å². The van der Waals surface area contributed by atoms with Crippen LogP contribution in [0.3, 0.4) is 0 Å². The van der Waals surface area contributed by atoms with Gasteiger partial charge in [-0.2, -0.15) is 5.10 Å². The molecule has 0 amide bonds. The standard InChI is InChI=1S/C15H19N3/c1-3-14-13(10-18(2)17-14)11-6-7-15-12(9-11)5-4-8-16-15/h6-7,9-10,16H,3-5,8H2,1-2H3. The molecule has 2 aromatic rings. The molecule has 1 aromatic carbocycles. The average molecular weight is 241 g/mol. The lowest BCUT2D eigenvalue weighted by atomic mass is 9.97. The van der Waals surface area contributed by atoms with Gasteiger partial charge in [0.1, 0.15) is 0 Å². The largest absolute Gasteiger partial charge is 0.385 e. The summed E-state index contributed by atoms with van der Waals surface area (Å²) in [6.45, 7) is 3.26. The molecular formula is C15H19N3. The van der Waals surface area contributed by atoms with E-state index in [0.717, 1.165) is 13.0 Å². The molecule has 0 saturated carbocycles. The Bertz CT molecular complexity index is 569. The molecule has 3 heteroatoms. The Morgan fingerprint density at radius 1 is 1.39 bits per heavy atom. The zero-order chi connectivity index (χ0) is 12.5. The summed E-state index contributed by atoms with van der Waals surface area (Å²) in [6, 6.07) is 6.72. The molecular weight excluding hydrogens is 222 g/mol. The average Bonchev–Trinajstić information content (AvgIpc) is 2.79. The monoisotopic (exact) mass is 241 g/mol. The molecule has 0 saturated heterocycles. The molecule has 18 heavy (non-hydrogen) atoms. The van der Waals surface area contributed by atoms with Crippen molar-refractivity contribution in [3.8, 4) is 11.1 Å². The van der Waals surface area contributed by atoms with Gasteiger partial charge in [-0.25, -0.2) is 0 Å². The molecule has 0 spiro atoms. The van der Waals surface area contributed by atoms with E-state index in [0.29, 0.717) is 0 Å². The summed E-state index contributed by atoms with van der Waals surface area (Å²) >= 11 is 0. The first-order chi connectivity index (χ1) is 8.78. The number of benzene rings is 1. The summed E-state index contributed by atoms with van der Waals surface area (Å²) in [7, 11) is 1.99. The van der Waals surface area contributed by atoms with E-state index in [1.54, 1.807) is 0 Å². The highest BCUT2D eigenvalue weighted by atomic mass is 15.2. The van der Waals surface area contributed by atoms with Crippen LogP contribution in [-0.2, 0) is 19.9 Å². The molecule has 1 aliphatic rings. The molecule has 0 atom stereocenters. The zero-order valence-electron chi connectivity index (χ0n) is 11.0. The fourth-order valence-corrected chi connectivity index (χ4v) is 2.68. The zero-order valence-corrected chi connectivity index (χ0v) is 11.0. The van der Waals surface area contributed by atoms with Crippen molar-refractivity contribution in [1.82, 2.24) is 9.78 Å². The van der Waals surface area contributed by atoms with Crippen LogP contribution in [0.5, 0.6) is 0 Å². The van der Waals surface area contributed by atoms with Gasteiger partial charge in [-0.3, -0.25) is 4.68 Å². The van der Waals surface area contributed by atoms with Gasteiger partial charge in [0.05, 0.1) is 5.69 Å². The molecule has 2 heterocycles. The van der Waals surface area contributed by atoms with Gasteiger partial charge < -0.3 is 5.32 Å². The van der Waals surface area contributed by atoms with Crippen LogP contribution in [0.4, 0.5) is 5.69 Å². The molecule has 0 unspecified atom stereocenters. The molecule has 3 nitrogen and oxygen atoms in total. The first kappa shape index (κ1) is 11.3. The minimum atomic E-state index is 0.978. The maximum absolute atomic E-state index is 4.52. The molecule has 0 fully saturated rings. The Hall–Kier alpha value is -1.77. The van der Waals surface area contributed by atoms with E-state index in [9.17, 15) is 0 Å². The maximum atomic E-state index is 4.52. The quantitative estimate of drug-likeness (QED) is 0.876. The van der Waals surface area contributed by atoms with Crippen molar-refractivity contribution in [3.05, 3.63) is 35.7 Å². The Balaban J connectivity index is 2.06. The number of nitrogens with one attached hydrogen (secondary N) is 1. The SMILES string of the molecule is CCc1nn(C)cc1-c1ccc2c(c1)CCCN2. The maximum Gasteiger partial charge on any atom is 0.0700 e. The number of nitrogens with zero attached hydrogens (tertiary/aromatic N) is 2. The van der Waals surface area contributed by atoms with Gasteiger partial charge in [0.2, 0.25) is 0 Å². The van der Waals surface area contributed by atoms with Gasteiger partial charge in [0, 0.05) is 31.0 Å². The summed E-state index contributed by atoms with van der Waals surface area (Å²) in [4.78, 5) is 0. The van der Waals surface area contributed by atoms with Crippen LogP contribution in [0.2, 0.25) is 0 Å². The fourth-order valence-electron chi connectivity index (χ4n) is 2.68. The van der Waals surface area contributed by atoms with Crippen LogP contribution < -0.4 is 5.32 Å². The molecule has 94 valence electrons. The number of anilines is 1. The van der Waals surface area contributed by atoms with Gasteiger partial charge in [-0.05, 0) is 42.5 Å². The molecule has 0 bridgehead atoms. The third-order valence-corrected chi connectivity index (χ3v) is 3.59. The summed E-state index contributed by atoms with van der Waals surface area (Å²) in [5.41, 5.74) is 6.48. The lowest BCUT2D eigenvalue weighted by Gasteiger charge is -2.18. The van der Waals surface area contributed by atoms with Crippen molar-refractivity contribution < 1.29 is 0 Å². The minimum Gasteiger partial charge on any atom is -0.385 e. The number of hydrogen-bond acceptors (Lipinski definition) is 2. The predicted octanol–water partition coefficient (Wildman–Crippen LogP) is 3.01. The predicted molar refractivity (Wildman–Crippen MR) is 74.8 cm³/mol. The second-order valence-corrected chi connectivity index (χ2v) is 4.92. The Morgan fingerprint density at radius 3 is 3.11 bits per heavy atom. The lowest BCUT2D eigenvalue weighted by Crippen LogP contribution is -2.11. The lowest BCUT2D eigenvalue weighted by molar-refractivity contribution is 0.746. The topological polar surface area (TPSA) is 29.9 Å². The smallest absolute Gasteiger partial charge is 0.0700 e. The van der Waals surface area contributed by atoms with E-state index in [4.69, 9.17) is 0 Å². The minimum absolute atomic E-state index is 0.978. The Labute approximate surface area is 108 Å². The van der Waals surface area contributed by atoms with Crippen LogP contribution in [0.1, 0.15) is 24.6 Å². The van der Waals surface area contributed by atoms with E-state index in [1.165, 1.54) is 40.9 Å². The number of aromatic nitrogens is 2. The summed E-state index contributed by atoms with van der Waals surface area (Å²) in [6.07, 6.45) is 5.50. The van der Waals surface area contributed by atoms with Crippen molar-refractivity contribution >= 4 is 5.69 Å². The van der Waals surface area contributed by atoms with Crippen LogP contribution in [0.15, 0.2) is 24.4 Å². The van der Waals surface area contributed by atoms with Gasteiger partial charge in [-0.1, -0.05) is 13.0 Å². The van der Waals surface area contributed by atoms with Crippen molar-refractivity contribution in [3.63, 3.8) is 0 Å². The van der Waals surface area contributed by atoms with E-state index in [2.05, 4.69) is 41.7 Å². The van der Waals surface area contributed by atoms with Crippen molar-refractivity contribution in [2.24, 2.45) is 7.05 Å². The van der Waals surface area contributed by atoms with Gasteiger partial charge in [0.25, 0.3) is 0 Å². The van der Waals surface area contributed by atoms with Crippen LogP contribution >= 0.6 is 0 Å². The van der Waals surface area contributed by atoms with Crippen LogP contribution in [0.25, 0.3) is 11.1 Å². The van der Waals surface area contributed by atoms with Gasteiger partial charge in [-0.15, -0.1) is 0 Å². The third kappa shape index (κ3) is 1.90. The first-order valence-electron chi connectivity index (χ1n) is 6.67. The number of hydrogen-bond donors (Lipinski definition) is 1. The fraction of sp³-hybridized carbons (Fsp3) is 0.400. The Morgan fingerprint density at radius 2 is 2.28 bits per heavy atom. The summed E-state index contributed by atoms with van der Waals surface area (Å²) < 4.78 is 1.91. The number of rotatable bonds is 2. The van der Waals surface area contributed by atoms with Crippen LogP contribution in [0, 0.1) is 0 Å².